The van der Waals surface area contributed by atoms with Crippen LogP contribution in [0.25, 0.3) is 0 Å². The molecule has 4 aliphatic carbocycles. The fourth-order valence-electron chi connectivity index (χ4n) is 6.41. The first-order chi connectivity index (χ1) is 11.8. The van der Waals surface area contributed by atoms with Gasteiger partial charge in [0.2, 0.25) is 0 Å². The van der Waals surface area contributed by atoms with Crippen molar-refractivity contribution in [3.63, 3.8) is 0 Å². The summed E-state index contributed by atoms with van der Waals surface area (Å²) in [4.78, 5) is 24.0. The van der Waals surface area contributed by atoms with Gasteiger partial charge >= 0.3 is 0 Å². The Morgan fingerprint density at radius 3 is 2.84 bits per heavy atom. The molecule has 4 heteroatoms. The number of rotatable bonds is 2. The highest BCUT2D eigenvalue weighted by molar-refractivity contribution is 6.01. The third-order valence-corrected chi connectivity index (χ3v) is 7.52. The molecule has 2 fully saturated rings. The van der Waals surface area contributed by atoms with Crippen LogP contribution in [0.5, 0.6) is 0 Å². The van der Waals surface area contributed by atoms with E-state index >= 15 is 0 Å². The van der Waals surface area contributed by atoms with Crippen LogP contribution in [0.2, 0.25) is 0 Å². The molecule has 134 valence electrons. The highest BCUT2D eigenvalue weighted by atomic mass is 16.3. The predicted octanol–water partition coefficient (Wildman–Crippen LogP) is 2.36. The largest absolute Gasteiger partial charge is 0.393 e. The number of hydrogen-bond acceptors (Lipinski definition) is 4. The minimum absolute atomic E-state index is 0.0411. The van der Waals surface area contributed by atoms with Crippen molar-refractivity contribution in [2.75, 3.05) is 6.61 Å². The molecule has 0 amide bonds. The molecule has 0 aromatic heterocycles. The first-order valence-electron chi connectivity index (χ1n) is 9.28. The summed E-state index contributed by atoms with van der Waals surface area (Å²) in [5.41, 5.74) is 1.22. The number of Topliss-reactive ketones (excluding diaryl/α,β-unsaturated/α-hetero) is 1. The number of aliphatic hydroxyl groups excluding tert-OH is 2. The van der Waals surface area contributed by atoms with E-state index in [1.807, 2.05) is 12.2 Å². The minimum atomic E-state index is -0.522. The molecular formula is C21H26O4. The maximum absolute atomic E-state index is 12.2. The van der Waals surface area contributed by atoms with E-state index in [4.69, 9.17) is 0 Å². The summed E-state index contributed by atoms with van der Waals surface area (Å²) in [6.07, 6.45) is 10.1. The molecule has 0 aliphatic heterocycles. The molecule has 4 aliphatic rings. The monoisotopic (exact) mass is 342 g/mol. The van der Waals surface area contributed by atoms with Crippen molar-refractivity contribution in [3.8, 4) is 0 Å². The zero-order valence-corrected chi connectivity index (χ0v) is 14.9. The van der Waals surface area contributed by atoms with Gasteiger partial charge in [-0.3, -0.25) is 9.59 Å². The van der Waals surface area contributed by atoms with Crippen molar-refractivity contribution in [1.82, 2.24) is 0 Å². The number of carbonyl (C=O) groups is 2. The fraction of sp³-hybridized carbons (Fsp3) is 0.619. The van der Waals surface area contributed by atoms with Crippen molar-refractivity contribution >= 4 is 11.6 Å². The normalized spacial score (nSPS) is 45.2. The average Bonchev–Trinajstić information content (AvgIpc) is 2.91. The number of fused-ring (bicyclic) bond motifs is 5. The van der Waals surface area contributed by atoms with Crippen molar-refractivity contribution in [3.05, 3.63) is 35.5 Å². The van der Waals surface area contributed by atoms with Crippen LogP contribution in [0.4, 0.5) is 0 Å². The van der Waals surface area contributed by atoms with Crippen LogP contribution < -0.4 is 0 Å². The van der Waals surface area contributed by atoms with E-state index in [-0.39, 0.29) is 28.3 Å². The summed E-state index contributed by atoms with van der Waals surface area (Å²) in [6, 6.07) is 0. The van der Waals surface area contributed by atoms with Crippen LogP contribution in [-0.4, -0.2) is 34.5 Å². The Labute approximate surface area is 148 Å². The second kappa shape index (κ2) is 5.49. The number of aliphatic hydroxyl groups is 2. The van der Waals surface area contributed by atoms with E-state index in [0.29, 0.717) is 23.8 Å². The summed E-state index contributed by atoms with van der Waals surface area (Å²) in [7, 11) is 0. The van der Waals surface area contributed by atoms with Gasteiger partial charge in [0.1, 0.15) is 6.61 Å². The lowest BCUT2D eigenvalue weighted by atomic mass is 9.47. The zero-order chi connectivity index (χ0) is 18.0. The minimum Gasteiger partial charge on any atom is -0.393 e. The molecule has 0 heterocycles. The molecule has 25 heavy (non-hydrogen) atoms. The van der Waals surface area contributed by atoms with Crippen molar-refractivity contribution < 1.29 is 19.8 Å². The molecule has 0 bridgehead atoms. The van der Waals surface area contributed by atoms with Gasteiger partial charge in [-0.05, 0) is 55.2 Å². The van der Waals surface area contributed by atoms with Crippen molar-refractivity contribution in [2.45, 2.75) is 45.6 Å². The summed E-state index contributed by atoms with van der Waals surface area (Å²) in [5, 5.41) is 20.4. The maximum Gasteiger partial charge on any atom is 0.184 e. The highest BCUT2D eigenvalue weighted by Crippen LogP contribution is 2.64. The maximum atomic E-state index is 12.2. The third kappa shape index (κ3) is 2.20. The number of hydrogen-bond donors (Lipinski definition) is 2. The molecule has 2 N–H and O–H groups in total. The van der Waals surface area contributed by atoms with Gasteiger partial charge < -0.3 is 10.2 Å². The van der Waals surface area contributed by atoms with Gasteiger partial charge in [-0.1, -0.05) is 31.6 Å². The van der Waals surface area contributed by atoms with Crippen molar-refractivity contribution in [2.24, 2.45) is 28.6 Å². The van der Waals surface area contributed by atoms with Crippen LogP contribution in [0.1, 0.15) is 39.5 Å². The van der Waals surface area contributed by atoms with Crippen molar-refractivity contribution in [1.29, 1.82) is 0 Å². The molecule has 4 rings (SSSR count). The molecule has 0 aromatic carbocycles. The standard InChI is InChI=1S/C21H26O4/c1-20-8-7-13(23)9-12(20)3-4-14-15-5-6-16(18(25)11-22)21(15,2)10-17(24)19(14)20/h6-9,14-15,17,19,22,24H,3-5,10-11H2,1-2H3/t14-,15?,17-,19?,20?,21?/m0/s1. The van der Waals surface area contributed by atoms with Gasteiger partial charge in [-0.25, -0.2) is 0 Å². The molecule has 0 saturated heterocycles. The van der Waals surface area contributed by atoms with Crippen LogP contribution in [0.3, 0.4) is 0 Å². The Morgan fingerprint density at radius 1 is 1.36 bits per heavy atom. The Morgan fingerprint density at radius 2 is 2.12 bits per heavy atom. The number of carbonyl (C=O) groups excluding carboxylic acids is 2. The lowest BCUT2D eigenvalue weighted by Gasteiger charge is -2.58. The quantitative estimate of drug-likeness (QED) is 0.808. The van der Waals surface area contributed by atoms with E-state index in [1.54, 1.807) is 12.2 Å². The smallest absolute Gasteiger partial charge is 0.184 e. The molecule has 2 saturated carbocycles. The third-order valence-electron chi connectivity index (χ3n) is 7.52. The zero-order valence-electron chi connectivity index (χ0n) is 14.9. The van der Waals surface area contributed by atoms with Gasteiger partial charge in [0.05, 0.1) is 6.10 Å². The molecule has 0 radical (unpaired) electrons. The van der Waals surface area contributed by atoms with E-state index in [1.165, 1.54) is 0 Å². The van der Waals surface area contributed by atoms with E-state index in [2.05, 4.69) is 13.8 Å². The Hall–Kier alpha value is -1.52. The predicted molar refractivity (Wildman–Crippen MR) is 93.6 cm³/mol. The van der Waals surface area contributed by atoms with Crippen LogP contribution in [-0.2, 0) is 9.59 Å². The Balaban J connectivity index is 1.72. The molecular weight excluding hydrogens is 316 g/mol. The summed E-state index contributed by atoms with van der Waals surface area (Å²) >= 11 is 0. The molecule has 4 unspecified atom stereocenters. The van der Waals surface area contributed by atoms with E-state index in [0.717, 1.165) is 24.8 Å². The molecule has 6 atom stereocenters. The van der Waals surface area contributed by atoms with E-state index < -0.39 is 12.7 Å². The summed E-state index contributed by atoms with van der Waals surface area (Å²) < 4.78 is 0. The Bertz CT molecular complexity index is 730. The first-order valence-corrected chi connectivity index (χ1v) is 9.28. The van der Waals surface area contributed by atoms with Crippen LogP contribution in [0.15, 0.2) is 35.5 Å². The van der Waals surface area contributed by atoms with Crippen LogP contribution >= 0.6 is 0 Å². The molecule has 0 spiro atoms. The number of allylic oxidation sites excluding steroid dienone is 5. The van der Waals surface area contributed by atoms with Gasteiger partial charge in [-0.2, -0.15) is 0 Å². The molecule has 0 aromatic rings. The lowest BCUT2D eigenvalue weighted by molar-refractivity contribution is -0.124. The van der Waals surface area contributed by atoms with Gasteiger partial charge in [0.25, 0.3) is 0 Å². The fourth-order valence-corrected chi connectivity index (χ4v) is 6.41. The van der Waals surface area contributed by atoms with Crippen LogP contribution in [0, 0.1) is 28.6 Å². The first kappa shape index (κ1) is 16.9. The van der Waals surface area contributed by atoms with E-state index in [9.17, 15) is 19.8 Å². The summed E-state index contributed by atoms with van der Waals surface area (Å²) in [5.74, 6) is 0.539. The lowest BCUT2D eigenvalue weighted by Crippen LogP contribution is -2.55. The number of ketones is 2. The van der Waals surface area contributed by atoms with Gasteiger partial charge in [0, 0.05) is 16.7 Å². The second-order valence-electron chi connectivity index (χ2n) is 8.65. The van der Waals surface area contributed by atoms with Gasteiger partial charge in [-0.15, -0.1) is 0 Å². The topological polar surface area (TPSA) is 74.6 Å². The molecule has 4 nitrogen and oxygen atoms in total. The highest BCUT2D eigenvalue weighted by Gasteiger charge is 2.60. The SMILES string of the molecule is CC12C=CC(=O)C=C1CC[C@@H]1C2[C@@H](O)CC2(C)C(C(=O)CO)=CCC12. The average molecular weight is 342 g/mol. The Kier molecular flexibility index (Phi) is 3.71. The summed E-state index contributed by atoms with van der Waals surface area (Å²) in [6.45, 7) is 3.76. The van der Waals surface area contributed by atoms with Gasteiger partial charge in [0.15, 0.2) is 11.6 Å². The second-order valence-corrected chi connectivity index (χ2v) is 8.65.